The van der Waals surface area contributed by atoms with Crippen LogP contribution in [0.5, 0.6) is 0 Å². The number of rotatable bonds is 1. The topological polar surface area (TPSA) is 30.2 Å². The lowest BCUT2D eigenvalue weighted by Gasteiger charge is -2.02. The standard InChI is InChI=1S/C16H12O2/c1-2-5-11-8-9-13-15(10-11)18-14-7-4-3-6-12(14)16(13)17/h2-10H,1H3/b5-2+. The first-order chi connectivity index (χ1) is 8.79. The summed E-state index contributed by atoms with van der Waals surface area (Å²) in [6.45, 7) is 1.96. The van der Waals surface area contributed by atoms with Gasteiger partial charge in [0, 0.05) is 0 Å². The van der Waals surface area contributed by atoms with Crippen LogP contribution in [0.1, 0.15) is 12.5 Å². The molecule has 0 radical (unpaired) electrons. The van der Waals surface area contributed by atoms with Crippen molar-refractivity contribution in [3.05, 3.63) is 64.3 Å². The molecule has 0 aliphatic rings. The summed E-state index contributed by atoms with van der Waals surface area (Å²) in [6.07, 6.45) is 3.94. The van der Waals surface area contributed by atoms with Crippen LogP contribution >= 0.6 is 0 Å². The number of benzene rings is 2. The zero-order chi connectivity index (χ0) is 12.5. The molecule has 1 aromatic heterocycles. The van der Waals surface area contributed by atoms with Gasteiger partial charge in [-0.15, -0.1) is 0 Å². The molecule has 18 heavy (non-hydrogen) atoms. The smallest absolute Gasteiger partial charge is 0.200 e. The summed E-state index contributed by atoms with van der Waals surface area (Å²) in [5, 5.41) is 1.26. The van der Waals surface area contributed by atoms with E-state index in [2.05, 4.69) is 0 Å². The third-order valence-electron chi connectivity index (χ3n) is 2.96. The minimum absolute atomic E-state index is 0.0267. The van der Waals surface area contributed by atoms with Crippen LogP contribution < -0.4 is 5.43 Å². The fraction of sp³-hybridized carbons (Fsp3) is 0.0625. The Labute approximate surface area is 104 Å². The minimum Gasteiger partial charge on any atom is -0.456 e. The average Bonchev–Trinajstić information content (AvgIpc) is 2.39. The van der Waals surface area contributed by atoms with Gasteiger partial charge in [-0.05, 0) is 36.8 Å². The highest BCUT2D eigenvalue weighted by molar-refractivity contribution is 5.90. The largest absolute Gasteiger partial charge is 0.456 e. The Morgan fingerprint density at radius 3 is 2.61 bits per heavy atom. The van der Waals surface area contributed by atoms with Gasteiger partial charge in [0.25, 0.3) is 0 Å². The van der Waals surface area contributed by atoms with Crippen molar-refractivity contribution in [1.29, 1.82) is 0 Å². The van der Waals surface area contributed by atoms with Gasteiger partial charge in [-0.1, -0.05) is 30.4 Å². The van der Waals surface area contributed by atoms with E-state index in [1.54, 1.807) is 6.07 Å². The van der Waals surface area contributed by atoms with Crippen molar-refractivity contribution in [3.8, 4) is 0 Å². The Hall–Kier alpha value is -2.35. The van der Waals surface area contributed by atoms with Crippen molar-refractivity contribution in [2.24, 2.45) is 0 Å². The lowest BCUT2D eigenvalue weighted by molar-refractivity contribution is 0.660. The van der Waals surface area contributed by atoms with E-state index < -0.39 is 0 Å². The van der Waals surface area contributed by atoms with Crippen molar-refractivity contribution in [3.63, 3.8) is 0 Å². The molecule has 2 nitrogen and oxygen atoms in total. The quantitative estimate of drug-likeness (QED) is 0.598. The summed E-state index contributed by atoms with van der Waals surface area (Å²) >= 11 is 0. The van der Waals surface area contributed by atoms with Crippen LogP contribution in [0.2, 0.25) is 0 Å². The average molecular weight is 236 g/mol. The molecule has 0 aliphatic heterocycles. The summed E-state index contributed by atoms with van der Waals surface area (Å²) in [6, 6.07) is 13.0. The molecule has 0 N–H and O–H groups in total. The number of hydrogen-bond acceptors (Lipinski definition) is 2. The maximum Gasteiger partial charge on any atom is 0.200 e. The van der Waals surface area contributed by atoms with Crippen LogP contribution in [0.4, 0.5) is 0 Å². The summed E-state index contributed by atoms with van der Waals surface area (Å²) in [4.78, 5) is 12.3. The molecule has 0 fully saturated rings. The lowest BCUT2D eigenvalue weighted by atomic mass is 10.1. The number of allylic oxidation sites excluding steroid dienone is 1. The van der Waals surface area contributed by atoms with Crippen LogP contribution in [0.25, 0.3) is 28.0 Å². The van der Waals surface area contributed by atoms with Gasteiger partial charge in [0.05, 0.1) is 10.8 Å². The van der Waals surface area contributed by atoms with Crippen LogP contribution in [-0.4, -0.2) is 0 Å². The fourth-order valence-electron chi connectivity index (χ4n) is 2.11. The molecule has 0 saturated carbocycles. The molecule has 0 unspecified atom stereocenters. The van der Waals surface area contributed by atoms with Gasteiger partial charge in [0.1, 0.15) is 11.2 Å². The van der Waals surface area contributed by atoms with Crippen LogP contribution in [-0.2, 0) is 0 Å². The Balaban J connectivity index is 2.44. The van der Waals surface area contributed by atoms with E-state index in [0.717, 1.165) is 5.56 Å². The molecule has 0 atom stereocenters. The van der Waals surface area contributed by atoms with E-state index in [9.17, 15) is 4.79 Å². The predicted molar refractivity (Wildman–Crippen MR) is 74.7 cm³/mol. The Morgan fingerprint density at radius 1 is 1.00 bits per heavy atom. The maximum atomic E-state index is 12.3. The Morgan fingerprint density at radius 2 is 1.78 bits per heavy atom. The molecule has 2 aromatic carbocycles. The second-order valence-corrected chi connectivity index (χ2v) is 4.18. The lowest BCUT2D eigenvalue weighted by Crippen LogP contribution is -2.01. The van der Waals surface area contributed by atoms with Gasteiger partial charge in [-0.3, -0.25) is 4.79 Å². The van der Waals surface area contributed by atoms with E-state index in [-0.39, 0.29) is 5.43 Å². The van der Waals surface area contributed by atoms with E-state index in [1.807, 2.05) is 55.5 Å². The highest BCUT2D eigenvalue weighted by Gasteiger charge is 2.06. The molecule has 88 valence electrons. The molecule has 2 heteroatoms. The van der Waals surface area contributed by atoms with Crippen LogP contribution in [0.15, 0.2) is 57.8 Å². The SMILES string of the molecule is C/C=C/c1ccc2c(=O)c3ccccc3oc2c1. The first-order valence-corrected chi connectivity index (χ1v) is 5.88. The summed E-state index contributed by atoms with van der Waals surface area (Å²) in [5.41, 5.74) is 2.32. The molecule has 0 spiro atoms. The molecule has 3 rings (SSSR count). The highest BCUT2D eigenvalue weighted by atomic mass is 16.3. The van der Waals surface area contributed by atoms with Gasteiger partial charge >= 0.3 is 0 Å². The molecule has 3 aromatic rings. The fourth-order valence-corrected chi connectivity index (χ4v) is 2.11. The normalized spacial score (nSPS) is 11.6. The first kappa shape index (κ1) is 10.8. The molecule has 0 aliphatic carbocycles. The summed E-state index contributed by atoms with van der Waals surface area (Å²) in [5.74, 6) is 0. The minimum atomic E-state index is 0.0267. The number of para-hydroxylation sites is 1. The van der Waals surface area contributed by atoms with E-state index in [0.29, 0.717) is 21.9 Å². The van der Waals surface area contributed by atoms with Gasteiger partial charge < -0.3 is 4.42 Å². The molecule has 0 saturated heterocycles. The van der Waals surface area contributed by atoms with Gasteiger partial charge in [-0.25, -0.2) is 0 Å². The summed E-state index contributed by atoms with van der Waals surface area (Å²) in [7, 11) is 0. The van der Waals surface area contributed by atoms with Crippen molar-refractivity contribution in [2.45, 2.75) is 6.92 Å². The van der Waals surface area contributed by atoms with Crippen molar-refractivity contribution in [2.75, 3.05) is 0 Å². The molecule has 0 amide bonds. The van der Waals surface area contributed by atoms with E-state index >= 15 is 0 Å². The Kier molecular flexibility index (Phi) is 2.49. The molecule has 0 bridgehead atoms. The maximum absolute atomic E-state index is 12.3. The van der Waals surface area contributed by atoms with Crippen molar-refractivity contribution < 1.29 is 4.42 Å². The second kappa shape index (κ2) is 4.15. The van der Waals surface area contributed by atoms with Crippen molar-refractivity contribution >= 4 is 28.0 Å². The molecule has 1 heterocycles. The van der Waals surface area contributed by atoms with Gasteiger partial charge in [-0.2, -0.15) is 0 Å². The van der Waals surface area contributed by atoms with E-state index in [1.165, 1.54) is 0 Å². The zero-order valence-electron chi connectivity index (χ0n) is 10.0. The van der Waals surface area contributed by atoms with Crippen LogP contribution in [0.3, 0.4) is 0 Å². The summed E-state index contributed by atoms with van der Waals surface area (Å²) < 4.78 is 5.78. The highest BCUT2D eigenvalue weighted by Crippen LogP contribution is 2.19. The van der Waals surface area contributed by atoms with Crippen LogP contribution in [0, 0.1) is 0 Å². The first-order valence-electron chi connectivity index (χ1n) is 5.88. The number of fused-ring (bicyclic) bond motifs is 2. The Bertz CT molecular complexity index is 810. The van der Waals surface area contributed by atoms with Crippen molar-refractivity contribution in [1.82, 2.24) is 0 Å². The second-order valence-electron chi connectivity index (χ2n) is 4.18. The third kappa shape index (κ3) is 1.63. The predicted octanol–water partition coefficient (Wildman–Crippen LogP) is 3.98. The monoisotopic (exact) mass is 236 g/mol. The number of hydrogen-bond donors (Lipinski definition) is 0. The zero-order valence-corrected chi connectivity index (χ0v) is 10.0. The van der Waals surface area contributed by atoms with Gasteiger partial charge in [0.15, 0.2) is 0 Å². The third-order valence-corrected chi connectivity index (χ3v) is 2.96. The molecular weight excluding hydrogens is 224 g/mol. The van der Waals surface area contributed by atoms with Gasteiger partial charge in [0.2, 0.25) is 5.43 Å². The van der Waals surface area contributed by atoms with E-state index in [4.69, 9.17) is 4.42 Å². The molecular formula is C16H12O2.